The Kier molecular flexibility index (Phi) is 5.35. The minimum Gasteiger partial charge on any atom is -0.467 e. The topological polar surface area (TPSA) is 42.7 Å². The number of amides is 1. The van der Waals surface area contributed by atoms with Crippen LogP contribution in [0.15, 0.2) is 77.4 Å². The third kappa shape index (κ3) is 4.12. The SMILES string of the molecule is O=C([C@@H]1CCCO1)N(Cc1ccco1)Cc1ccccc1-c1ccccc1. The zero-order valence-corrected chi connectivity index (χ0v) is 15.2. The molecule has 3 aromatic rings. The van der Waals surface area contributed by atoms with Crippen LogP contribution in [0.3, 0.4) is 0 Å². The average Bonchev–Trinajstić information content (AvgIpc) is 3.42. The summed E-state index contributed by atoms with van der Waals surface area (Å²) in [5, 5.41) is 0. The van der Waals surface area contributed by atoms with Crippen LogP contribution in [0.4, 0.5) is 0 Å². The quantitative estimate of drug-likeness (QED) is 0.642. The fourth-order valence-corrected chi connectivity index (χ4v) is 3.54. The molecule has 27 heavy (non-hydrogen) atoms. The lowest BCUT2D eigenvalue weighted by atomic mass is 9.99. The molecule has 0 saturated carbocycles. The van der Waals surface area contributed by atoms with Gasteiger partial charge in [-0.3, -0.25) is 4.79 Å². The van der Waals surface area contributed by atoms with Crippen LogP contribution < -0.4 is 0 Å². The second-order valence-corrected chi connectivity index (χ2v) is 6.80. The number of rotatable bonds is 6. The zero-order valence-electron chi connectivity index (χ0n) is 15.2. The molecule has 0 radical (unpaired) electrons. The number of hydrogen-bond acceptors (Lipinski definition) is 3. The third-order valence-corrected chi connectivity index (χ3v) is 4.91. The standard InChI is InChI=1S/C23H23NO3/c25-23(22-13-7-15-27-22)24(17-20-11-6-14-26-20)16-19-10-4-5-12-21(19)18-8-2-1-3-9-18/h1-6,8-12,14,22H,7,13,15-17H2/t22-/m0/s1. The Morgan fingerprint density at radius 1 is 0.963 bits per heavy atom. The van der Waals surface area contributed by atoms with Crippen molar-refractivity contribution in [1.82, 2.24) is 4.90 Å². The molecule has 1 fully saturated rings. The normalized spacial score (nSPS) is 16.4. The zero-order chi connectivity index (χ0) is 18.5. The lowest BCUT2D eigenvalue weighted by Gasteiger charge is -2.25. The maximum atomic E-state index is 13.1. The van der Waals surface area contributed by atoms with Gasteiger partial charge in [0.05, 0.1) is 12.8 Å². The number of carbonyl (C=O) groups is 1. The monoisotopic (exact) mass is 361 g/mol. The number of hydrogen-bond donors (Lipinski definition) is 0. The van der Waals surface area contributed by atoms with Crippen molar-refractivity contribution in [2.75, 3.05) is 6.61 Å². The molecule has 2 aromatic carbocycles. The van der Waals surface area contributed by atoms with Crippen molar-refractivity contribution in [3.8, 4) is 11.1 Å². The third-order valence-electron chi connectivity index (χ3n) is 4.91. The number of furan rings is 1. The van der Waals surface area contributed by atoms with Crippen LogP contribution in [0, 0.1) is 0 Å². The van der Waals surface area contributed by atoms with E-state index in [1.165, 1.54) is 0 Å². The minimum atomic E-state index is -0.344. The summed E-state index contributed by atoms with van der Waals surface area (Å²) < 4.78 is 11.1. The van der Waals surface area contributed by atoms with Crippen molar-refractivity contribution in [1.29, 1.82) is 0 Å². The Bertz CT molecular complexity index is 868. The molecule has 0 spiro atoms. The van der Waals surface area contributed by atoms with E-state index in [0.717, 1.165) is 35.3 Å². The van der Waals surface area contributed by atoms with Gasteiger partial charge in [-0.1, -0.05) is 54.6 Å². The van der Waals surface area contributed by atoms with Gasteiger partial charge in [0.15, 0.2) is 0 Å². The molecule has 4 heteroatoms. The molecule has 2 heterocycles. The van der Waals surface area contributed by atoms with E-state index in [2.05, 4.69) is 24.3 Å². The first kappa shape index (κ1) is 17.6. The summed E-state index contributed by atoms with van der Waals surface area (Å²) in [6.45, 7) is 1.62. The Morgan fingerprint density at radius 3 is 2.52 bits per heavy atom. The Morgan fingerprint density at radius 2 is 1.78 bits per heavy atom. The lowest BCUT2D eigenvalue weighted by Crippen LogP contribution is -2.38. The van der Waals surface area contributed by atoms with Crippen LogP contribution in [0.5, 0.6) is 0 Å². The van der Waals surface area contributed by atoms with E-state index in [1.807, 2.05) is 47.4 Å². The first-order chi connectivity index (χ1) is 13.3. The summed E-state index contributed by atoms with van der Waals surface area (Å²) in [7, 11) is 0. The highest BCUT2D eigenvalue weighted by atomic mass is 16.5. The van der Waals surface area contributed by atoms with Crippen LogP contribution >= 0.6 is 0 Å². The van der Waals surface area contributed by atoms with Crippen molar-refractivity contribution in [3.05, 3.63) is 84.3 Å². The van der Waals surface area contributed by atoms with Crippen molar-refractivity contribution < 1.29 is 13.9 Å². The van der Waals surface area contributed by atoms with E-state index < -0.39 is 0 Å². The van der Waals surface area contributed by atoms with Gasteiger partial charge in [-0.05, 0) is 41.7 Å². The summed E-state index contributed by atoms with van der Waals surface area (Å²) in [6.07, 6.45) is 3.02. The molecular formula is C23H23NO3. The van der Waals surface area contributed by atoms with E-state index >= 15 is 0 Å². The summed E-state index contributed by atoms with van der Waals surface area (Å²) in [5.74, 6) is 0.810. The lowest BCUT2D eigenvalue weighted by molar-refractivity contribution is -0.142. The maximum absolute atomic E-state index is 13.1. The number of carbonyl (C=O) groups excluding carboxylic acids is 1. The molecule has 1 saturated heterocycles. The fraction of sp³-hybridized carbons (Fsp3) is 0.261. The predicted molar refractivity (Wildman–Crippen MR) is 104 cm³/mol. The Hall–Kier alpha value is -2.85. The molecule has 1 amide bonds. The van der Waals surface area contributed by atoms with Gasteiger partial charge in [-0.15, -0.1) is 0 Å². The summed E-state index contributed by atoms with van der Waals surface area (Å²) >= 11 is 0. The fourth-order valence-electron chi connectivity index (χ4n) is 3.54. The van der Waals surface area contributed by atoms with Crippen LogP contribution in [0.2, 0.25) is 0 Å². The van der Waals surface area contributed by atoms with Gasteiger partial charge in [0.2, 0.25) is 0 Å². The molecule has 0 N–H and O–H groups in total. The van der Waals surface area contributed by atoms with Gasteiger partial charge in [0.1, 0.15) is 11.9 Å². The van der Waals surface area contributed by atoms with Crippen molar-refractivity contribution in [2.24, 2.45) is 0 Å². The van der Waals surface area contributed by atoms with E-state index in [-0.39, 0.29) is 12.0 Å². The average molecular weight is 361 g/mol. The summed E-state index contributed by atoms with van der Waals surface area (Å²) in [6, 6.07) is 22.3. The van der Waals surface area contributed by atoms with Gasteiger partial charge in [-0.25, -0.2) is 0 Å². The molecule has 1 aliphatic heterocycles. The number of benzene rings is 2. The van der Waals surface area contributed by atoms with E-state index in [0.29, 0.717) is 19.7 Å². The van der Waals surface area contributed by atoms with Crippen LogP contribution in [0.25, 0.3) is 11.1 Å². The number of nitrogens with zero attached hydrogens (tertiary/aromatic N) is 1. The van der Waals surface area contributed by atoms with Crippen LogP contribution in [-0.4, -0.2) is 23.5 Å². The first-order valence-corrected chi connectivity index (χ1v) is 9.37. The van der Waals surface area contributed by atoms with Gasteiger partial charge >= 0.3 is 0 Å². The van der Waals surface area contributed by atoms with E-state index in [4.69, 9.17) is 9.15 Å². The molecule has 4 nitrogen and oxygen atoms in total. The van der Waals surface area contributed by atoms with Gasteiger partial charge in [0, 0.05) is 13.2 Å². The van der Waals surface area contributed by atoms with Gasteiger partial charge in [0.25, 0.3) is 5.91 Å². The molecule has 0 bridgehead atoms. The molecule has 0 aliphatic carbocycles. The Balaban J connectivity index is 1.62. The van der Waals surface area contributed by atoms with E-state index in [9.17, 15) is 4.79 Å². The molecule has 0 unspecified atom stereocenters. The number of ether oxygens (including phenoxy) is 1. The summed E-state index contributed by atoms with van der Waals surface area (Å²) in [4.78, 5) is 14.9. The highest BCUT2D eigenvalue weighted by molar-refractivity contribution is 5.81. The minimum absolute atomic E-state index is 0.0340. The highest BCUT2D eigenvalue weighted by Gasteiger charge is 2.29. The van der Waals surface area contributed by atoms with Crippen molar-refractivity contribution >= 4 is 5.91 Å². The predicted octanol–water partition coefficient (Wildman–Crippen LogP) is 4.65. The largest absolute Gasteiger partial charge is 0.467 e. The molecule has 138 valence electrons. The van der Waals surface area contributed by atoms with Crippen molar-refractivity contribution in [3.63, 3.8) is 0 Å². The van der Waals surface area contributed by atoms with Gasteiger partial charge < -0.3 is 14.1 Å². The molecule has 1 atom stereocenters. The van der Waals surface area contributed by atoms with Crippen LogP contribution in [-0.2, 0) is 22.6 Å². The van der Waals surface area contributed by atoms with Crippen molar-refractivity contribution in [2.45, 2.75) is 32.0 Å². The van der Waals surface area contributed by atoms with Crippen LogP contribution in [0.1, 0.15) is 24.2 Å². The smallest absolute Gasteiger partial charge is 0.252 e. The maximum Gasteiger partial charge on any atom is 0.252 e. The molecule has 1 aliphatic rings. The summed E-state index contributed by atoms with van der Waals surface area (Å²) in [5.41, 5.74) is 3.40. The second kappa shape index (κ2) is 8.23. The first-order valence-electron chi connectivity index (χ1n) is 9.37. The van der Waals surface area contributed by atoms with E-state index in [1.54, 1.807) is 6.26 Å². The molecule has 4 rings (SSSR count). The van der Waals surface area contributed by atoms with Gasteiger partial charge in [-0.2, -0.15) is 0 Å². The molecular weight excluding hydrogens is 338 g/mol. The highest BCUT2D eigenvalue weighted by Crippen LogP contribution is 2.26. The Labute approximate surface area is 159 Å². The molecule has 1 aromatic heterocycles. The second-order valence-electron chi connectivity index (χ2n) is 6.80.